The average Bonchev–Trinajstić information content (AvgIpc) is 2.54. The smallest absolute Gasteiger partial charge is 0.269 e. The minimum Gasteiger partial charge on any atom is -0.269 e. The van der Waals surface area contributed by atoms with Crippen molar-refractivity contribution < 1.29 is 22.4 Å². The second-order valence-electron chi connectivity index (χ2n) is 5.61. The first-order valence-electron chi connectivity index (χ1n) is 7.74. The Kier molecular flexibility index (Phi) is 5.12. The monoisotopic (exact) mass is 364 g/mol. The van der Waals surface area contributed by atoms with Gasteiger partial charge in [0.1, 0.15) is 10.7 Å². The summed E-state index contributed by atoms with van der Waals surface area (Å²) in [5.41, 5.74) is 3.10. The Morgan fingerprint density at radius 2 is 1.88 bits per heavy atom. The molecule has 132 valence electrons. The Morgan fingerprint density at radius 3 is 2.52 bits per heavy atom. The molecule has 0 bridgehead atoms. The molecule has 1 heterocycles. The molecule has 2 aromatic carbocycles. The summed E-state index contributed by atoms with van der Waals surface area (Å²) in [6.07, 6.45) is 0.744. The van der Waals surface area contributed by atoms with Crippen LogP contribution in [0.5, 0.6) is 0 Å². The van der Waals surface area contributed by atoms with Crippen LogP contribution in [0.3, 0.4) is 0 Å². The number of carbonyl (C=O) groups is 1. The molecule has 6 nitrogen and oxygen atoms in total. The molecular weight excluding hydrogens is 347 g/mol. The highest BCUT2D eigenvalue weighted by atomic mass is 32.2. The summed E-state index contributed by atoms with van der Waals surface area (Å²) < 4.78 is 39.8. The maximum atomic E-state index is 14.0. The predicted octanol–water partition coefficient (Wildman–Crippen LogP) is 2.08. The van der Waals surface area contributed by atoms with E-state index in [9.17, 15) is 17.6 Å². The van der Waals surface area contributed by atoms with Gasteiger partial charge in [0.2, 0.25) is 10.0 Å². The van der Waals surface area contributed by atoms with Gasteiger partial charge in [-0.1, -0.05) is 30.3 Å². The third-order valence-corrected chi connectivity index (χ3v) is 5.79. The first-order valence-corrected chi connectivity index (χ1v) is 9.18. The number of hydrogen-bond acceptors (Lipinski definition) is 4. The number of halogens is 1. The van der Waals surface area contributed by atoms with Crippen molar-refractivity contribution in [3.63, 3.8) is 0 Å². The van der Waals surface area contributed by atoms with E-state index >= 15 is 0 Å². The molecule has 0 spiro atoms. The number of nitrogens with one attached hydrogen (secondary N) is 1. The van der Waals surface area contributed by atoms with Crippen LogP contribution in [0.1, 0.15) is 22.3 Å². The van der Waals surface area contributed by atoms with Crippen LogP contribution in [0.15, 0.2) is 53.4 Å². The van der Waals surface area contributed by atoms with Gasteiger partial charge in [-0.25, -0.2) is 18.3 Å². The van der Waals surface area contributed by atoms with E-state index in [1.54, 1.807) is 0 Å². The molecule has 0 aliphatic carbocycles. The summed E-state index contributed by atoms with van der Waals surface area (Å²) in [5, 5.41) is 0. The van der Waals surface area contributed by atoms with Crippen molar-refractivity contribution in [3.8, 4) is 0 Å². The van der Waals surface area contributed by atoms with Crippen LogP contribution in [0.4, 0.5) is 4.39 Å². The Labute approximate surface area is 145 Å². The van der Waals surface area contributed by atoms with Gasteiger partial charge in [0.15, 0.2) is 0 Å². The molecule has 0 aromatic heterocycles. The Bertz CT molecular complexity index is 867. The van der Waals surface area contributed by atoms with Gasteiger partial charge in [0, 0.05) is 18.7 Å². The zero-order valence-electron chi connectivity index (χ0n) is 13.3. The van der Waals surface area contributed by atoms with E-state index in [-0.39, 0.29) is 12.2 Å². The van der Waals surface area contributed by atoms with E-state index in [4.69, 9.17) is 4.84 Å². The highest BCUT2D eigenvalue weighted by Gasteiger charge is 2.32. The lowest BCUT2D eigenvalue weighted by Gasteiger charge is -2.29. The van der Waals surface area contributed by atoms with Crippen LogP contribution in [0.2, 0.25) is 0 Å². The molecule has 1 aliphatic rings. The van der Waals surface area contributed by atoms with Crippen molar-refractivity contribution in [1.29, 1.82) is 0 Å². The standard InChI is InChI=1S/C17H17FN2O4S/c18-15-8-7-14(11-16(15)25(22,23)20-9-4-10-20)17(21)19-24-12-13-5-2-1-3-6-13/h1-3,5-8,11H,4,9-10,12H2,(H,19,21). The Morgan fingerprint density at radius 1 is 1.16 bits per heavy atom. The quantitative estimate of drug-likeness (QED) is 0.797. The molecule has 1 aliphatic heterocycles. The zero-order valence-corrected chi connectivity index (χ0v) is 14.1. The molecule has 3 rings (SSSR count). The highest BCUT2D eigenvalue weighted by Crippen LogP contribution is 2.24. The molecule has 0 atom stereocenters. The van der Waals surface area contributed by atoms with E-state index < -0.39 is 26.6 Å². The average molecular weight is 364 g/mol. The van der Waals surface area contributed by atoms with Crippen LogP contribution in [-0.4, -0.2) is 31.7 Å². The number of amides is 1. The van der Waals surface area contributed by atoms with E-state index in [1.165, 1.54) is 10.4 Å². The van der Waals surface area contributed by atoms with Crippen molar-refractivity contribution in [3.05, 3.63) is 65.5 Å². The minimum absolute atomic E-state index is 0.00793. The van der Waals surface area contributed by atoms with Crippen molar-refractivity contribution in [1.82, 2.24) is 9.79 Å². The fraction of sp³-hybridized carbons (Fsp3) is 0.235. The van der Waals surface area contributed by atoms with Gasteiger partial charge >= 0.3 is 0 Å². The van der Waals surface area contributed by atoms with E-state index in [0.717, 1.165) is 24.1 Å². The van der Waals surface area contributed by atoms with Gasteiger partial charge in [-0.05, 0) is 30.2 Å². The number of benzene rings is 2. The Balaban J connectivity index is 1.70. The summed E-state index contributed by atoms with van der Waals surface area (Å²) >= 11 is 0. The summed E-state index contributed by atoms with van der Waals surface area (Å²) in [7, 11) is -3.91. The molecule has 0 unspecified atom stereocenters. The van der Waals surface area contributed by atoms with E-state index in [1.807, 2.05) is 30.3 Å². The fourth-order valence-corrected chi connectivity index (χ4v) is 3.93. The first kappa shape index (κ1) is 17.5. The van der Waals surface area contributed by atoms with E-state index in [0.29, 0.717) is 13.1 Å². The first-order chi connectivity index (χ1) is 12.0. The highest BCUT2D eigenvalue weighted by molar-refractivity contribution is 7.89. The van der Waals surface area contributed by atoms with Gasteiger partial charge in [-0.15, -0.1) is 0 Å². The molecule has 2 aromatic rings. The van der Waals surface area contributed by atoms with Crippen molar-refractivity contribution in [2.45, 2.75) is 17.9 Å². The zero-order chi connectivity index (χ0) is 17.9. The largest absolute Gasteiger partial charge is 0.274 e. The van der Waals surface area contributed by atoms with Gasteiger partial charge < -0.3 is 0 Å². The molecule has 0 radical (unpaired) electrons. The Hall–Kier alpha value is -2.29. The number of rotatable bonds is 6. The SMILES string of the molecule is O=C(NOCc1ccccc1)c1ccc(F)c(S(=O)(=O)N2CCC2)c1. The van der Waals surface area contributed by atoms with E-state index in [2.05, 4.69) is 5.48 Å². The number of hydroxylamine groups is 1. The second-order valence-corrected chi connectivity index (χ2v) is 7.51. The summed E-state index contributed by atoms with van der Waals surface area (Å²) in [4.78, 5) is 16.7. The normalized spacial score (nSPS) is 14.8. The molecule has 25 heavy (non-hydrogen) atoms. The maximum absolute atomic E-state index is 14.0. The number of hydrogen-bond donors (Lipinski definition) is 1. The lowest BCUT2D eigenvalue weighted by atomic mass is 10.2. The van der Waals surface area contributed by atoms with Crippen molar-refractivity contribution in [2.75, 3.05) is 13.1 Å². The number of carbonyl (C=O) groups excluding carboxylic acids is 1. The summed E-state index contributed by atoms with van der Waals surface area (Å²) in [5.74, 6) is -1.52. The van der Waals surface area contributed by atoms with Crippen LogP contribution in [0.25, 0.3) is 0 Å². The molecule has 8 heteroatoms. The minimum atomic E-state index is -3.91. The number of nitrogens with zero attached hydrogens (tertiary/aromatic N) is 1. The van der Waals surface area contributed by atoms with Gasteiger partial charge in [-0.2, -0.15) is 4.31 Å². The molecule has 0 saturated carbocycles. The molecular formula is C17H17FN2O4S. The maximum Gasteiger partial charge on any atom is 0.274 e. The third-order valence-electron chi connectivity index (χ3n) is 3.87. The van der Waals surface area contributed by atoms with Crippen LogP contribution in [-0.2, 0) is 21.5 Å². The molecule has 1 saturated heterocycles. The summed E-state index contributed by atoms with van der Waals surface area (Å²) in [6.45, 7) is 0.878. The lowest BCUT2D eigenvalue weighted by molar-refractivity contribution is 0.0233. The summed E-state index contributed by atoms with van der Waals surface area (Å²) in [6, 6.07) is 12.4. The molecule has 1 amide bonds. The predicted molar refractivity (Wildman–Crippen MR) is 88.5 cm³/mol. The topological polar surface area (TPSA) is 75.7 Å². The molecule has 1 fully saturated rings. The van der Waals surface area contributed by atoms with Gasteiger partial charge in [-0.3, -0.25) is 9.63 Å². The molecule has 1 N–H and O–H groups in total. The van der Waals surface area contributed by atoms with Crippen molar-refractivity contribution in [2.24, 2.45) is 0 Å². The van der Waals surface area contributed by atoms with Gasteiger partial charge in [0.05, 0.1) is 6.61 Å². The van der Waals surface area contributed by atoms with Crippen molar-refractivity contribution >= 4 is 15.9 Å². The van der Waals surface area contributed by atoms with Crippen LogP contribution < -0.4 is 5.48 Å². The lowest BCUT2D eigenvalue weighted by Crippen LogP contribution is -2.42. The van der Waals surface area contributed by atoms with Gasteiger partial charge in [0.25, 0.3) is 5.91 Å². The fourth-order valence-electron chi connectivity index (χ4n) is 2.33. The van der Waals surface area contributed by atoms with Crippen LogP contribution >= 0.6 is 0 Å². The third kappa shape index (κ3) is 3.87. The number of sulfonamides is 1. The van der Waals surface area contributed by atoms with Crippen LogP contribution in [0, 0.1) is 5.82 Å². The second kappa shape index (κ2) is 7.30.